The lowest BCUT2D eigenvalue weighted by atomic mass is 9.74. The number of nitrogens with one attached hydrogen (secondary N) is 1. The van der Waals surface area contributed by atoms with E-state index < -0.39 is 24.2 Å². The largest absolute Gasteiger partial charge is 0.485 e. The first-order chi connectivity index (χ1) is 16.9. The minimum Gasteiger partial charge on any atom is -0.485 e. The van der Waals surface area contributed by atoms with Crippen molar-refractivity contribution in [3.8, 4) is 22.9 Å². The number of benzene rings is 2. The molecule has 4 rings (SSSR count). The molecule has 5 nitrogen and oxygen atoms in total. The second-order valence-corrected chi connectivity index (χ2v) is 8.50. The topological polar surface area (TPSA) is 66.6 Å². The summed E-state index contributed by atoms with van der Waals surface area (Å²) in [4.78, 5) is 4.17. The van der Waals surface area contributed by atoms with Gasteiger partial charge in [0.15, 0.2) is 0 Å². The number of fused-ring (bicyclic) bond motifs is 2. The van der Waals surface area contributed by atoms with Crippen LogP contribution in [0.15, 0.2) is 83.9 Å². The summed E-state index contributed by atoms with van der Waals surface area (Å²) in [5.74, 6) is -2.57. The van der Waals surface area contributed by atoms with E-state index in [9.17, 15) is 5.26 Å². The van der Waals surface area contributed by atoms with Gasteiger partial charge in [-0.3, -0.25) is 4.99 Å². The second kappa shape index (κ2) is 9.85. The van der Waals surface area contributed by atoms with Gasteiger partial charge in [0, 0.05) is 19.0 Å². The van der Waals surface area contributed by atoms with Crippen LogP contribution in [0.5, 0.6) is 5.75 Å². The standard InChI is InChI=1S/C28H27F2N3O2/c1-4-6-9-20(5-2)25-15-27(28(29,30)18-34-17-26(32-3)33-27)23-14-22(11-12-24(23)35-25)21-10-7-8-19(13-21)16-31/h4-14,25H,1,15,17-18H2,2-3H3,(H,32,33)/b9-6-,20-5+/t25?,27-/m1/s1. The zero-order valence-electron chi connectivity index (χ0n) is 19.7. The van der Waals surface area contributed by atoms with Gasteiger partial charge >= 0.3 is 0 Å². The van der Waals surface area contributed by atoms with Gasteiger partial charge < -0.3 is 14.8 Å². The maximum atomic E-state index is 16.0. The highest BCUT2D eigenvalue weighted by molar-refractivity contribution is 5.85. The van der Waals surface area contributed by atoms with E-state index in [2.05, 4.69) is 23.0 Å². The molecule has 180 valence electrons. The Morgan fingerprint density at radius 2 is 2.06 bits per heavy atom. The number of hydrogen-bond acceptors (Lipinski definition) is 4. The lowest BCUT2D eigenvalue weighted by Gasteiger charge is -2.46. The second-order valence-electron chi connectivity index (χ2n) is 8.50. The summed E-state index contributed by atoms with van der Waals surface area (Å²) in [5, 5.41) is 12.4. The third-order valence-electron chi connectivity index (χ3n) is 6.43. The minimum atomic E-state index is -3.27. The maximum absolute atomic E-state index is 16.0. The number of aliphatic imine (C=N–C) groups is 1. The molecule has 1 saturated heterocycles. The molecule has 0 saturated carbocycles. The molecule has 1 N–H and O–H groups in total. The number of alkyl halides is 2. The zero-order chi connectivity index (χ0) is 25.1. The Balaban J connectivity index is 1.93. The van der Waals surface area contributed by atoms with Crippen molar-refractivity contribution in [3.05, 3.63) is 90.0 Å². The SMILES string of the molecule is C=C/C=C\C(=C/C)C1C[C@@]2(NC(=NC)COCC2(F)F)c2cc(-c3cccc(C#N)c3)ccc2O1. The van der Waals surface area contributed by atoms with Crippen molar-refractivity contribution < 1.29 is 18.3 Å². The maximum Gasteiger partial charge on any atom is 0.297 e. The lowest BCUT2D eigenvalue weighted by Crippen LogP contribution is -2.61. The summed E-state index contributed by atoms with van der Waals surface area (Å²) in [6.45, 7) is 4.75. The van der Waals surface area contributed by atoms with E-state index in [-0.39, 0.29) is 13.0 Å². The van der Waals surface area contributed by atoms with Gasteiger partial charge in [-0.15, -0.1) is 0 Å². The fraction of sp³-hybridized carbons (Fsp3) is 0.286. The van der Waals surface area contributed by atoms with Gasteiger partial charge in [-0.05, 0) is 47.9 Å². The molecule has 7 heteroatoms. The van der Waals surface area contributed by atoms with Crippen LogP contribution in [0.2, 0.25) is 0 Å². The molecular weight excluding hydrogens is 448 g/mol. The van der Waals surface area contributed by atoms with Crippen LogP contribution in [-0.4, -0.2) is 38.1 Å². The molecule has 0 bridgehead atoms. The summed E-state index contributed by atoms with van der Waals surface area (Å²) in [5.41, 5.74) is 1.22. The van der Waals surface area contributed by atoms with E-state index >= 15 is 8.78 Å². The van der Waals surface area contributed by atoms with Crippen LogP contribution in [0, 0.1) is 11.3 Å². The summed E-state index contributed by atoms with van der Waals surface area (Å²) >= 11 is 0. The molecule has 2 aromatic carbocycles. The minimum absolute atomic E-state index is 0.0363. The Bertz CT molecular complexity index is 1260. The van der Waals surface area contributed by atoms with Crippen molar-refractivity contribution in [1.29, 1.82) is 5.26 Å². The number of halogens is 2. The van der Waals surface area contributed by atoms with Crippen molar-refractivity contribution in [2.75, 3.05) is 20.3 Å². The van der Waals surface area contributed by atoms with Crippen molar-refractivity contribution in [2.24, 2.45) is 4.99 Å². The van der Waals surface area contributed by atoms with Crippen molar-refractivity contribution >= 4 is 5.84 Å². The first-order valence-electron chi connectivity index (χ1n) is 11.3. The van der Waals surface area contributed by atoms with Gasteiger partial charge in [0.1, 0.15) is 36.4 Å². The van der Waals surface area contributed by atoms with Gasteiger partial charge in [0.25, 0.3) is 5.92 Å². The number of nitriles is 1. The highest BCUT2D eigenvalue weighted by Gasteiger charge is 2.61. The zero-order valence-corrected chi connectivity index (χ0v) is 19.7. The van der Waals surface area contributed by atoms with Crippen molar-refractivity contribution in [3.63, 3.8) is 0 Å². The molecule has 2 aromatic rings. The molecule has 0 amide bonds. The Kier molecular flexibility index (Phi) is 6.86. The van der Waals surface area contributed by atoms with Gasteiger partial charge in [0.2, 0.25) is 0 Å². The molecule has 0 radical (unpaired) electrons. The smallest absolute Gasteiger partial charge is 0.297 e. The third kappa shape index (κ3) is 4.50. The molecule has 2 heterocycles. The average molecular weight is 476 g/mol. The third-order valence-corrected chi connectivity index (χ3v) is 6.43. The van der Waals surface area contributed by atoms with Crippen LogP contribution in [0.25, 0.3) is 11.1 Å². The molecule has 1 unspecified atom stereocenters. The highest BCUT2D eigenvalue weighted by atomic mass is 19.3. The van der Waals surface area contributed by atoms with E-state index in [1.54, 1.807) is 49.5 Å². The Morgan fingerprint density at radius 1 is 1.26 bits per heavy atom. The van der Waals surface area contributed by atoms with Crippen LogP contribution in [0.4, 0.5) is 8.78 Å². The Labute approximate surface area is 204 Å². The average Bonchev–Trinajstić information content (AvgIpc) is 3.00. The lowest BCUT2D eigenvalue weighted by molar-refractivity contribution is -0.139. The molecule has 35 heavy (non-hydrogen) atoms. The summed E-state index contributed by atoms with van der Waals surface area (Å²) < 4.78 is 43.7. The summed E-state index contributed by atoms with van der Waals surface area (Å²) in [6, 6.07) is 14.4. The van der Waals surface area contributed by atoms with Gasteiger partial charge in [-0.1, -0.05) is 49.1 Å². The van der Waals surface area contributed by atoms with E-state index in [1.807, 2.05) is 31.2 Å². The quantitative estimate of drug-likeness (QED) is 0.590. The van der Waals surface area contributed by atoms with Gasteiger partial charge in [-0.2, -0.15) is 5.26 Å². The number of nitrogens with zero attached hydrogens (tertiary/aromatic N) is 2. The number of amidine groups is 1. The van der Waals surface area contributed by atoms with Crippen LogP contribution >= 0.6 is 0 Å². The van der Waals surface area contributed by atoms with Crippen LogP contribution in [0.1, 0.15) is 24.5 Å². The monoisotopic (exact) mass is 475 g/mol. The van der Waals surface area contributed by atoms with E-state index in [4.69, 9.17) is 9.47 Å². The molecule has 2 atom stereocenters. The first kappa shape index (κ1) is 24.4. The van der Waals surface area contributed by atoms with E-state index in [1.165, 1.54) is 0 Å². The summed E-state index contributed by atoms with van der Waals surface area (Å²) in [7, 11) is 1.55. The Morgan fingerprint density at radius 3 is 2.77 bits per heavy atom. The Hall–Kier alpha value is -3.76. The number of allylic oxidation sites excluding steroid dienone is 3. The highest BCUT2D eigenvalue weighted by Crippen LogP contribution is 2.51. The van der Waals surface area contributed by atoms with Gasteiger partial charge in [-0.25, -0.2) is 8.78 Å². The molecule has 1 fully saturated rings. The molecule has 0 aliphatic carbocycles. The molecule has 0 aromatic heterocycles. The number of ether oxygens (including phenoxy) is 2. The fourth-order valence-corrected chi connectivity index (χ4v) is 4.61. The number of rotatable bonds is 4. The fourth-order valence-electron chi connectivity index (χ4n) is 4.61. The van der Waals surface area contributed by atoms with Crippen LogP contribution < -0.4 is 10.1 Å². The summed E-state index contributed by atoms with van der Waals surface area (Å²) in [6.07, 6.45) is 6.38. The predicted octanol–water partition coefficient (Wildman–Crippen LogP) is 5.54. The number of hydrogen-bond donors (Lipinski definition) is 1. The van der Waals surface area contributed by atoms with Crippen LogP contribution in [0.3, 0.4) is 0 Å². The first-order valence-corrected chi connectivity index (χ1v) is 11.3. The van der Waals surface area contributed by atoms with Crippen molar-refractivity contribution in [1.82, 2.24) is 5.32 Å². The molecule has 1 spiro atoms. The van der Waals surface area contributed by atoms with Crippen molar-refractivity contribution in [2.45, 2.75) is 30.9 Å². The normalized spacial score (nSPS) is 24.8. The predicted molar refractivity (Wildman–Crippen MR) is 133 cm³/mol. The molecule has 2 aliphatic heterocycles. The molecular formula is C28H27F2N3O2. The van der Waals surface area contributed by atoms with E-state index in [0.717, 1.165) is 11.1 Å². The van der Waals surface area contributed by atoms with Crippen LogP contribution in [-0.2, 0) is 10.3 Å². The molecule has 2 aliphatic rings. The van der Waals surface area contributed by atoms with Gasteiger partial charge in [0.05, 0.1) is 11.6 Å². The van der Waals surface area contributed by atoms with E-state index in [0.29, 0.717) is 28.3 Å².